The van der Waals surface area contributed by atoms with Gasteiger partial charge in [-0.2, -0.15) is 0 Å². The fourth-order valence-electron chi connectivity index (χ4n) is 2.34. The molecule has 2 rings (SSSR count). The number of nitrogens with zero attached hydrogens (tertiary/aromatic N) is 2. The Labute approximate surface area is 124 Å². The van der Waals surface area contributed by atoms with Crippen LogP contribution >= 0.6 is 0 Å². The summed E-state index contributed by atoms with van der Waals surface area (Å²) in [5, 5.41) is 8.77. The number of carbonyl (C=O) groups is 1. The molecule has 4 nitrogen and oxygen atoms in total. The molecule has 1 aromatic rings. The third-order valence-corrected chi connectivity index (χ3v) is 3.76. The standard InChI is InChI=1S/C16H19FN2O2/c1-12-11-19(8-7-18(12)2)16(21)15-6-5-14(17)10-13(15)4-3-9-20/h5-6,10,12,20H,7-9,11H2,1-2H3. The lowest BCUT2D eigenvalue weighted by Gasteiger charge is -2.37. The lowest BCUT2D eigenvalue weighted by atomic mass is 10.0. The number of benzene rings is 1. The molecule has 0 radical (unpaired) electrons. The molecule has 112 valence electrons. The fourth-order valence-corrected chi connectivity index (χ4v) is 2.34. The Balaban J connectivity index is 2.26. The Morgan fingerprint density at radius 3 is 2.90 bits per heavy atom. The van der Waals surface area contributed by atoms with Crippen LogP contribution in [0.4, 0.5) is 4.39 Å². The Morgan fingerprint density at radius 2 is 2.24 bits per heavy atom. The molecule has 0 saturated carbocycles. The first-order valence-corrected chi connectivity index (χ1v) is 6.91. The molecular weight excluding hydrogens is 271 g/mol. The zero-order valence-corrected chi connectivity index (χ0v) is 12.3. The van der Waals surface area contributed by atoms with Gasteiger partial charge in [-0.25, -0.2) is 4.39 Å². The lowest BCUT2D eigenvalue weighted by Crippen LogP contribution is -2.52. The maximum Gasteiger partial charge on any atom is 0.255 e. The number of hydrogen-bond donors (Lipinski definition) is 1. The van der Waals surface area contributed by atoms with Crippen molar-refractivity contribution in [2.45, 2.75) is 13.0 Å². The van der Waals surface area contributed by atoms with Crippen LogP contribution in [0.2, 0.25) is 0 Å². The molecule has 21 heavy (non-hydrogen) atoms. The Morgan fingerprint density at radius 1 is 1.48 bits per heavy atom. The molecule has 1 heterocycles. The predicted molar refractivity (Wildman–Crippen MR) is 78.4 cm³/mol. The average Bonchev–Trinajstić information content (AvgIpc) is 2.47. The van der Waals surface area contributed by atoms with E-state index in [2.05, 4.69) is 23.7 Å². The molecule has 0 spiro atoms. The largest absolute Gasteiger partial charge is 0.384 e. The molecule has 1 unspecified atom stereocenters. The van der Waals surface area contributed by atoms with E-state index in [4.69, 9.17) is 5.11 Å². The number of likely N-dealkylation sites (N-methyl/N-ethyl adjacent to an activating group) is 1. The van der Waals surface area contributed by atoms with Crippen LogP contribution in [0, 0.1) is 17.7 Å². The van der Waals surface area contributed by atoms with E-state index in [1.54, 1.807) is 4.90 Å². The molecule has 0 aromatic heterocycles. The van der Waals surface area contributed by atoms with Gasteiger partial charge in [0.2, 0.25) is 0 Å². The van der Waals surface area contributed by atoms with Crippen molar-refractivity contribution in [2.24, 2.45) is 0 Å². The normalized spacial score (nSPS) is 19.0. The number of carbonyl (C=O) groups excluding carboxylic acids is 1. The quantitative estimate of drug-likeness (QED) is 0.783. The van der Waals surface area contributed by atoms with E-state index < -0.39 is 5.82 Å². The van der Waals surface area contributed by atoms with Crippen molar-refractivity contribution < 1.29 is 14.3 Å². The topological polar surface area (TPSA) is 43.8 Å². The van der Waals surface area contributed by atoms with Gasteiger partial charge in [-0.05, 0) is 32.2 Å². The van der Waals surface area contributed by atoms with Crippen molar-refractivity contribution in [1.29, 1.82) is 0 Å². The summed E-state index contributed by atoms with van der Waals surface area (Å²) < 4.78 is 13.3. The van der Waals surface area contributed by atoms with Crippen molar-refractivity contribution in [3.63, 3.8) is 0 Å². The number of aliphatic hydroxyl groups is 1. The Bertz CT molecular complexity index is 592. The summed E-state index contributed by atoms with van der Waals surface area (Å²) in [5.74, 6) is 4.53. The van der Waals surface area contributed by atoms with Gasteiger partial charge >= 0.3 is 0 Å². The molecule has 0 bridgehead atoms. The summed E-state index contributed by atoms with van der Waals surface area (Å²) in [5.41, 5.74) is 0.703. The predicted octanol–water partition coefficient (Wildman–Crippen LogP) is 0.946. The number of aliphatic hydroxyl groups excluding tert-OH is 1. The molecule has 1 amide bonds. The maximum absolute atomic E-state index is 13.3. The van der Waals surface area contributed by atoms with Crippen LogP contribution in [0.1, 0.15) is 22.8 Å². The molecule has 1 fully saturated rings. The van der Waals surface area contributed by atoms with E-state index >= 15 is 0 Å². The molecule has 0 aliphatic carbocycles. The fraction of sp³-hybridized carbons (Fsp3) is 0.438. The smallest absolute Gasteiger partial charge is 0.255 e. The zero-order valence-electron chi connectivity index (χ0n) is 12.3. The van der Waals surface area contributed by atoms with Crippen molar-refractivity contribution in [3.05, 3.63) is 35.1 Å². The Kier molecular flexibility index (Phi) is 4.94. The summed E-state index contributed by atoms with van der Waals surface area (Å²) in [6.45, 7) is 3.83. The summed E-state index contributed by atoms with van der Waals surface area (Å²) in [6, 6.07) is 4.24. The summed E-state index contributed by atoms with van der Waals surface area (Å²) in [4.78, 5) is 16.6. The van der Waals surface area contributed by atoms with E-state index in [0.29, 0.717) is 24.2 Å². The second-order valence-corrected chi connectivity index (χ2v) is 5.23. The van der Waals surface area contributed by atoms with Crippen LogP contribution in [-0.2, 0) is 0 Å². The molecule has 1 saturated heterocycles. The molecule has 1 aliphatic heterocycles. The summed E-state index contributed by atoms with van der Waals surface area (Å²) in [7, 11) is 2.03. The van der Waals surface area contributed by atoms with Crippen molar-refractivity contribution >= 4 is 5.91 Å². The van der Waals surface area contributed by atoms with Crippen LogP contribution < -0.4 is 0 Å². The summed E-state index contributed by atoms with van der Waals surface area (Å²) >= 11 is 0. The van der Waals surface area contributed by atoms with E-state index in [-0.39, 0.29) is 18.6 Å². The first-order chi connectivity index (χ1) is 10.0. The minimum atomic E-state index is -0.444. The van der Waals surface area contributed by atoms with Crippen LogP contribution in [0.15, 0.2) is 18.2 Å². The van der Waals surface area contributed by atoms with Crippen molar-refractivity contribution in [2.75, 3.05) is 33.3 Å². The van der Waals surface area contributed by atoms with Gasteiger partial charge in [0.25, 0.3) is 5.91 Å². The van der Waals surface area contributed by atoms with Gasteiger partial charge in [0.15, 0.2) is 0 Å². The van der Waals surface area contributed by atoms with Gasteiger partial charge in [0.05, 0.1) is 5.56 Å². The first kappa shape index (κ1) is 15.5. The monoisotopic (exact) mass is 290 g/mol. The molecular formula is C16H19FN2O2. The van der Waals surface area contributed by atoms with E-state index in [9.17, 15) is 9.18 Å². The maximum atomic E-state index is 13.3. The second-order valence-electron chi connectivity index (χ2n) is 5.23. The summed E-state index contributed by atoms with van der Waals surface area (Å²) in [6.07, 6.45) is 0. The molecule has 1 aliphatic rings. The molecule has 1 aromatic carbocycles. The second kappa shape index (κ2) is 6.70. The van der Waals surface area contributed by atoms with Crippen LogP contribution in [0.5, 0.6) is 0 Å². The van der Waals surface area contributed by atoms with Crippen LogP contribution in [0.3, 0.4) is 0 Å². The minimum Gasteiger partial charge on any atom is -0.384 e. The molecule has 1 atom stereocenters. The van der Waals surface area contributed by atoms with E-state index in [1.807, 2.05) is 7.05 Å². The number of halogens is 1. The molecule has 5 heteroatoms. The number of amides is 1. The van der Waals surface area contributed by atoms with Gasteiger partial charge < -0.3 is 14.9 Å². The minimum absolute atomic E-state index is 0.141. The highest BCUT2D eigenvalue weighted by Gasteiger charge is 2.26. The average molecular weight is 290 g/mol. The number of rotatable bonds is 1. The van der Waals surface area contributed by atoms with Crippen LogP contribution in [0.25, 0.3) is 0 Å². The van der Waals surface area contributed by atoms with E-state index in [0.717, 1.165) is 6.54 Å². The van der Waals surface area contributed by atoms with Gasteiger partial charge in [-0.3, -0.25) is 4.79 Å². The number of piperazine rings is 1. The van der Waals surface area contributed by atoms with Crippen molar-refractivity contribution in [3.8, 4) is 11.8 Å². The SMILES string of the molecule is CC1CN(C(=O)c2ccc(F)cc2C#CCO)CCN1C. The lowest BCUT2D eigenvalue weighted by molar-refractivity contribution is 0.0572. The Hall–Kier alpha value is -1.90. The van der Waals surface area contributed by atoms with Crippen LogP contribution in [-0.4, -0.2) is 60.1 Å². The van der Waals surface area contributed by atoms with Gasteiger partial charge in [-0.15, -0.1) is 0 Å². The zero-order chi connectivity index (χ0) is 15.4. The van der Waals surface area contributed by atoms with Gasteiger partial charge in [0, 0.05) is 31.2 Å². The molecule has 1 N–H and O–H groups in total. The van der Waals surface area contributed by atoms with E-state index in [1.165, 1.54) is 18.2 Å². The highest BCUT2D eigenvalue weighted by atomic mass is 19.1. The highest BCUT2D eigenvalue weighted by molar-refractivity contribution is 5.96. The van der Waals surface area contributed by atoms with Crippen molar-refractivity contribution in [1.82, 2.24) is 9.80 Å². The highest BCUT2D eigenvalue weighted by Crippen LogP contribution is 2.16. The third kappa shape index (κ3) is 3.60. The van der Waals surface area contributed by atoms with Gasteiger partial charge in [-0.1, -0.05) is 11.8 Å². The third-order valence-electron chi connectivity index (χ3n) is 3.76. The number of hydrogen-bond acceptors (Lipinski definition) is 3. The first-order valence-electron chi connectivity index (χ1n) is 6.91. The van der Waals surface area contributed by atoms with Gasteiger partial charge in [0.1, 0.15) is 12.4 Å².